The normalized spacial score (nSPS) is 13.5. The number of para-hydroxylation sites is 2. The molecule has 1 aliphatic rings. The van der Waals surface area contributed by atoms with E-state index in [0.29, 0.717) is 11.4 Å². The number of pyridine rings is 1. The number of rotatable bonds is 8. The molecule has 0 radical (unpaired) electrons. The Morgan fingerprint density at radius 3 is 1.78 bits per heavy atom. The Kier molecular flexibility index (Phi) is 10.8. The van der Waals surface area contributed by atoms with Gasteiger partial charge in [-0.1, -0.05) is 201 Å². The standard InChI is InChI=1S/C61H44N6/c1-42-20-18-19-39-66(65-61(48-27-12-5-13-28-48)64-60(62)47-35-33-44(34-36-47)43-21-6-2-7-22-43)56-37-38-57-59(58(42)56)51-30-15-17-32-55(51)67(57)54-31-16-14-29-50(54)49-40-52(45-23-8-3-9-24-45)63-53(41-49)46-25-10-4-11-26-46/h2-41H,1H2,(H2,62,64,65)/b20-18-,39-19-. The first kappa shape index (κ1) is 40.6. The van der Waals surface area contributed by atoms with Gasteiger partial charge in [0, 0.05) is 50.4 Å². The van der Waals surface area contributed by atoms with Crippen molar-refractivity contribution in [1.29, 1.82) is 5.41 Å². The van der Waals surface area contributed by atoms with Crippen molar-refractivity contribution in [2.45, 2.75) is 0 Å². The summed E-state index contributed by atoms with van der Waals surface area (Å²) in [6, 6.07) is 75.0. The average Bonchev–Trinajstić information content (AvgIpc) is 3.73. The van der Waals surface area contributed by atoms with Gasteiger partial charge in [-0.15, -0.1) is 0 Å². The fraction of sp³-hybridized carbons (Fsp3) is 0. The van der Waals surface area contributed by atoms with E-state index in [-0.39, 0.29) is 5.84 Å². The van der Waals surface area contributed by atoms with Crippen LogP contribution in [0.3, 0.4) is 0 Å². The van der Waals surface area contributed by atoms with E-state index in [1.165, 1.54) is 0 Å². The minimum absolute atomic E-state index is 0.143. The third kappa shape index (κ3) is 7.94. The molecule has 8 aromatic carbocycles. The Morgan fingerprint density at radius 1 is 0.507 bits per heavy atom. The molecule has 6 heteroatoms. The van der Waals surface area contributed by atoms with E-state index in [9.17, 15) is 5.41 Å². The predicted octanol–water partition coefficient (Wildman–Crippen LogP) is 14.7. The SMILES string of the molecule is C=C1/C=C\C=C/N(NC(=NC(=N)c2ccc(-c3ccccc3)cc2)c2ccccc2)c2ccc3c(c21)c1ccccc1n3-c1ccccc1-c1cc(-c2ccccc2)nc(-c2ccccc2)c1. The Morgan fingerprint density at radius 2 is 1.09 bits per heavy atom. The highest BCUT2D eigenvalue weighted by atomic mass is 15.5. The van der Waals surface area contributed by atoms with Gasteiger partial charge in [0.25, 0.3) is 0 Å². The number of hydrogen-bond donors (Lipinski definition) is 2. The van der Waals surface area contributed by atoms with Crippen LogP contribution < -0.4 is 10.4 Å². The molecule has 0 atom stereocenters. The number of allylic oxidation sites excluding steroid dienone is 4. The number of fused-ring (bicyclic) bond motifs is 5. The summed E-state index contributed by atoms with van der Waals surface area (Å²) in [5, 5.41) is 13.4. The number of amidine groups is 2. The zero-order chi connectivity index (χ0) is 45.1. The number of nitrogens with one attached hydrogen (secondary N) is 2. The molecule has 2 aromatic heterocycles. The second-order valence-corrected chi connectivity index (χ2v) is 16.4. The zero-order valence-electron chi connectivity index (χ0n) is 36.6. The fourth-order valence-electron chi connectivity index (χ4n) is 9.01. The van der Waals surface area contributed by atoms with Crippen LogP contribution in [-0.4, -0.2) is 21.2 Å². The van der Waals surface area contributed by atoms with Crippen LogP contribution in [-0.2, 0) is 0 Å². The largest absolute Gasteiger partial charge is 0.309 e. The van der Waals surface area contributed by atoms with Crippen LogP contribution in [0.1, 0.15) is 16.7 Å². The molecule has 11 rings (SSSR count). The number of aliphatic imine (C=N–C) groups is 1. The third-order valence-electron chi connectivity index (χ3n) is 12.2. The summed E-state index contributed by atoms with van der Waals surface area (Å²) in [5.74, 6) is 0.673. The Balaban J connectivity index is 1.05. The summed E-state index contributed by atoms with van der Waals surface area (Å²) in [5.41, 5.74) is 19.4. The molecule has 0 bridgehead atoms. The number of benzene rings is 8. The summed E-state index contributed by atoms with van der Waals surface area (Å²) in [7, 11) is 0. The maximum Gasteiger partial charge on any atom is 0.154 e. The van der Waals surface area contributed by atoms with Gasteiger partial charge in [0.1, 0.15) is 0 Å². The number of hydrogen-bond acceptors (Lipinski definition) is 3. The van der Waals surface area contributed by atoms with E-state index in [1.54, 1.807) is 0 Å². The molecule has 0 aliphatic carbocycles. The van der Waals surface area contributed by atoms with E-state index < -0.39 is 0 Å². The second kappa shape index (κ2) is 17.8. The molecule has 0 amide bonds. The summed E-state index contributed by atoms with van der Waals surface area (Å²) < 4.78 is 2.38. The van der Waals surface area contributed by atoms with Gasteiger partial charge in [-0.05, 0) is 64.7 Å². The summed E-state index contributed by atoms with van der Waals surface area (Å²) >= 11 is 0. The minimum Gasteiger partial charge on any atom is -0.309 e. The lowest BCUT2D eigenvalue weighted by Gasteiger charge is -2.28. The molecule has 3 heterocycles. The topological polar surface area (TPSA) is 69.3 Å². The second-order valence-electron chi connectivity index (χ2n) is 16.4. The van der Waals surface area contributed by atoms with E-state index in [1.807, 2.05) is 108 Å². The van der Waals surface area contributed by atoms with Crippen LogP contribution in [0.15, 0.2) is 254 Å². The van der Waals surface area contributed by atoms with Crippen molar-refractivity contribution in [3.05, 3.63) is 266 Å². The molecule has 318 valence electrons. The first-order chi connectivity index (χ1) is 33.1. The van der Waals surface area contributed by atoms with E-state index in [2.05, 4.69) is 156 Å². The minimum atomic E-state index is 0.143. The molecule has 2 N–H and O–H groups in total. The third-order valence-corrected chi connectivity index (χ3v) is 12.2. The first-order valence-electron chi connectivity index (χ1n) is 22.3. The van der Waals surface area contributed by atoms with Crippen LogP contribution in [0.25, 0.3) is 77.8 Å². The van der Waals surface area contributed by atoms with Crippen molar-refractivity contribution in [3.63, 3.8) is 0 Å². The van der Waals surface area contributed by atoms with Crippen LogP contribution in [0.2, 0.25) is 0 Å². The van der Waals surface area contributed by atoms with Gasteiger partial charge in [0.05, 0.1) is 33.8 Å². The Labute approximate surface area is 390 Å². The Hall–Kier alpha value is -9.13. The average molecular weight is 861 g/mol. The number of anilines is 1. The van der Waals surface area contributed by atoms with Gasteiger partial charge < -0.3 is 4.57 Å². The van der Waals surface area contributed by atoms with E-state index >= 15 is 0 Å². The summed E-state index contributed by atoms with van der Waals surface area (Å²) in [4.78, 5) is 10.2. The number of aromatic nitrogens is 2. The molecular weight excluding hydrogens is 817 g/mol. The molecular formula is C61H44N6. The molecule has 6 nitrogen and oxygen atoms in total. The van der Waals surface area contributed by atoms with Gasteiger partial charge in [-0.3, -0.25) is 15.8 Å². The molecule has 0 saturated carbocycles. The molecule has 0 unspecified atom stereocenters. The highest BCUT2D eigenvalue weighted by Gasteiger charge is 2.24. The molecule has 1 aliphatic heterocycles. The van der Waals surface area contributed by atoms with E-state index in [4.69, 9.17) is 9.98 Å². The molecule has 0 spiro atoms. The number of hydrazine groups is 1. The molecule has 67 heavy (non-hydrogen) atoms. The summed E-state index contributed by atoms with van der Waals surface area (Å²) in [6.45, 7) is 4.67. The monoisotopic (exact) mass is 860 g/mol. The van der Waals surface area contributed by atoms with Crippen molar-refractivity contribution in [3.8, 4) is 50.5 Å². The van der Waals surface area contributed by atoms with Crippen LogP contribution >= 0.6 is 0 Å². The lowest BCUT2D eigenvalue weighted by atomic mass is 9.97. The molecule has 0 saturated heterocycles. The van der Waals surface area contributed by atoms with Gasteiger partial charge in [-0.25, -0.2) is 9.98 Å². The summed E-state index contributed by atoms with van der Waals surface area (Å²) in [6.07, 6.45) is 8.07. The highest BCUT2D eigenvalue weighted by Crippen LogP contribution is 2.44. The van der Waals surface area contributed by atoms with E-state index in [0.717, 1.165) is 94.6 Å². The van der Waals surface area contributed by atoms with Crippen LogP contribution in [0.4, 0.5) is 5.69 Å². The predicted molar refractivity (Wildman–Crippen MR) is 279 cm³/mol. The first-order valence-corrected chi connectivity index (χ1v) is 22.3. The Bertz CT molecular complexity index is 3490. The quantitative estimate of drug-likeness (QED) is 0.118. The lowest BCUT2D eigenvalue weighted by Crippen LogP contribution is -2.40. The van der Waals surface area contributed by atoms with Crippen LogP contribution in [0, 0.1) is 5.41 Å². The van der Waals surface area contributed by atoms with Crippen molar-refractivity contribution < 1.29 is 0 Å². The fourth-order valence-corrected chi connectivity index (χ4v) is 9.01. The van der Waals surface area contributed by atoms with Crippen LogP contribution in [0.5, 0.6) is 0 Å². The van der Waals surface area contributed by atoms with Crippen molar-refractivity contribution >= 4 is 44.7 Å². The number of nitrogens with zero attached hydrogens (tertiary/aromatic N) is 4. The van der Waals surface area contributed by atoms with Gasteiger partial charge >= 0.3 is 0 Å². The highest BCUT2D eigenvalue weighted by molar-refractivity contribution is 6.17. The molecule has 10 aromatic rings. The van der Waals surface area contributed by atoms with Gasteiger partial charge in [-0.2, -0.15) is 0 Å². The maximum absolute atomic E-state index is 9.23. The van der Waals surface area contributed by atoms with Crippen molar-refractivity contribution in [1.82, 2.24) is 15.0 Å². The molecule has 0 fully saturated rings. The van der Waals surface area contributed by atoms with Crippen molar-refractivity contribution in [2.75, 3.05) is 5.01 Å². The van der Waals surface area contributed by atoms with Gasteiger partial charge in [0.15, 0.2) is 11.7 Å². The smallest absolute Gasteiger partial charge is 0.154 e. The maximum atomic E-state index is 9.23. The van der Waals surface area contributed by atoms with Crippen molar-refractivity contribution in [2.24, 2.45) is 4.99 Å². The lowest BCUT2D eigenvalue weighted by molar-refractivity contribution is 0.922. The van der Waals surface area contributed by atoms with Gasteiger partial charge in [0.2, 0.25) is 0 Å². The zero-order valence-corrected chi connectivity index (χ0v) is 36.6.